The van der Waals surface area contributed by atoms with E-state index in [-0.39, 0.29) is 18.2 Å². The number of hydrogen-bond donors (Lipinski definition) is 2. The number of nitrogens with zero attached hydrogens (tertiary/aromatic N) is 3. The maximum Gasteiger partial charge on any atom is 0.334 e. The summed E-state index contributed by atoms with van der Waals surface area (Å²) in [5.74, 6) is -2.18. The average Bonchev–Trinajstić information content (AvgIpc) is 2.95. The summed E-state index contributed by atoms with van der Waals surface area (Å²) in [6, 6.07) is 0.904. The fraction of sp³-hybridized carbons (Fsp3) is 0.533. The summed E-state index contributed by atoms with van der Waals surface area (Å²) in [5.41, 5.74) is 4.16. The number of pyridine rings is 1. The van der Waals surface area contributed by atoms with E-state index >= 15 is 0 Å². The summed E-state index contributed by atoms with van der Waals surface area (Å²) in [6.45, 7) is 3.04. The molecule has 2 unspecified atom stereocenters. The van der Waals surface area contributed by atoms with Crippen LogP contribution in [-0.2, 0) is 4.79 Å². The SMILES string of the molecule is CCN1CC(C(=O)O)(N2CCC(N)C2)C(=O)c2cc(F)cnc21. The summed E-state index contributed by atoms with van der Waals surface area (Å²) in [4.78, 5) is 32.4. The van der Waals surface area contributed by atoms with Crippen LogP contribution in [0.3, 0.4) is 0 Å². The second kappa shape index (κ2) is 5.54. The van der Waals surface area contributed by atoms with Crippen LogP contribution in [0, 0.1) is 5.82 Å². The molecule has 124 valence electrons. The second-order valence-electron chi connectivity index (χ2n) is 6.03. The van der Waals surface area contributed by atoms with E-state index in [9.17, 15) is 19.1 Å². The number of aromatic nitrogens is 1. The Bertz CT molecular complexity index is 668. The Morgan fingerprint density at radius 1 is 1.61 bits per heavy atom. The number of halogens is 1. The molecule has 0 aromatic carbocycles. The van der Waals surface area contributed by atoms with Crippen LogP contribution < -0.4 is 10.6 Å². The number of rotatable bonds is 3. The molecule has 23 heavy (non-hydrogen) atoms. The fourth-order valence-corrected chi connectivity index (χ4v) is 3.44. The maximum absolute atomic E-state index is 13.6. The first kappa shape index (κ1) is 15.8. The molecule has 8 heteroatoms. The third-order valence-corrected chi connectivity index (χ3v) is 4.67. The number of hydrogen-bond acceptors (Lipinski definition) is 6. The van der Waals surface area contributed by atoms with E-state index in [0.717, 1.165) is 12.3 Å². The first-order valence-corrected chi connectivity index (χ1v) is 7.59. The van der Waals surface area contributed by atoms with Gasteiger partial charge in [-0.15, -0.1) is 0 Å². The molecule has 1 aromatic heterocycles. The van der Waals surface area contributed by atoms with Crippen molar-refractivity contribution >= 4 is 17.6 Å². The number of carboxylic acid groups (broad SMARTS) is 1. The lowest BCUT2D eigenvalue weighted by molar-refractivity contribution is -0.147. The van der Waals surface area contributed by atoms with Gasteiger partial charge in [-0.05, 0) is 19.4 Å². The number of anilines is 1. The standard InChI is InChI=1S/C15H19FN4O3/c1-2-19-8-15(14(22)23,20-4-3-10(17)7-20)12(21)11-5-9(16)6-18-13(11)19/h5-6,10H,2-4,7-8,17H2,1H3,(H,22,23). The van der Waals surface area contributed by atoms with Gasteiger partial charge in [0.1, 0.15) is 11.6 Å². The van der Waals surface area contributed by atoms with Crippen LogP contribution in [0.4, 0.5) is 10.2 Å². The molecule has 0 aliphatic carbocycles. The largest absolute Gasteiger partial charge is 0.479 e. The third kappa shape index (κ3) is 2.29. The van der Waals surface area contributed by atoms with E-state index in [0.29, 0.717) is 31.9 Å². The molecule has 1 aromatic rings. The molecule has 3 N–H and O–H groups in total. The van der Waals surface area contributed by atoms with E-state index in [4.69, 9.17) is 5.73 Å². The van der Waals surface area contributed by atoms with Gasteiger partial charge in [0.05, 0.1) is 18.3 Å². The van der Waals surface area contributed by atoms with Crippen LogP contribution in [0.1, 0.15) is 23.7 Å². The van der Waals surface area contributed by atoms with Gasteiger partial charge in [0.2, 0.25) is 5.54 Å². The van der Waals surface area contributed by atoms with Gasteiger partial charge in [0.15, 0.2) is 5.78 Å². The van der Waals surface area contributed by atoms with Gasteiger partial charge in [-0.2, -0.15) is 0 Å². The number of aliphatic carboxylic acids is 1. The summed E-state index contributed by atoms with van der Waals surface area (Å²) < 4.78 is 13.6. The van der Waals surface area contributed by atoms with Crippen molar-refractivity contribution in [3.8, 4) is 0 Å². The molecule has 2 atom stereocenters. The van der Waals surface area contributed by atoms with Crippen molar-refractivity contribution < 1.29 is 19.1 Å². The Morgan fingerprint density at radius 3 is 2.91 bits per heavy atom. The Hall–Kier alpha value is -2.06. The highest BCUT2D eigenvalue weighted by Crippen LogP contribution is 2.35. The molecule has 0 spiro atoms. The summed E-state index contributed by atoms with van der Waals surface area (Å²) in [6.07, 6.45) is 1.66. The topological polar surface area (TPSA) is 99.8 Å². The van der Waals surface area contributed by atoms with Crippen molar-refractivity contribution in [3.05, 3.63) is 23.6 Å². The minimum absolute atomic E-state index is 0.0148. The number of carbonyl (C=O) groups is 2. The van der Waals surface area contributed by atoms with Crippen molar-refractivity contribution in [1.29, 1.82) is 0 Å². The first-order chi connectivity index (χ1) is 10.9. The summed E-state index contributed by atoms with van der Waals surface area (Å²) in [7, 11) is 0. The molecule has 7 nitrogen and oxygen atoms in total. The average molecular weight is 322 g/mol. The van der Waals surface area contributed by atoms with Gasteiger partial charge in [-0.3, -0.25) is 9.69 Å². The van der Waals surface area contributed by atoms with Gasteiger partial charge in [0.25, 0.3) is 0 Å². The molecule has 1 fully saturated rings. The zero-order chi connectivity index (χ0) is 16.8. The number of likely N-dealkylation sites (N-methyl/N-ethyl adjacent to an activating group) is 1. The lowest BCUT2D eigenvalue weighted by Crippen LogP contribution is -2.67. The van der Waals surface area contributed by atoms with E-state index in [1.807, 2.05) is 6.92 Å². The van der Waals surface area contributed by atoms with Gasteiger partial charge >= 0.3 is 5.97 Å². The molecular weight excluding hydrogens is 303 g/mol. The van der Waals surface area contributed by atoms with Gasteiger partial charge in [0, 0.05) is 25.7 Å². The van der Waals surface area contributed by atoms with Crippen molar-refractivity contribution in [2.75, 3.05) is 31.1 Å². The highest BCUT2D eigenvalue weighted by molar-refractivity contribution is 6.20. The molecule has 0 bridgehead atoms. The van der Waals surface area contributed by atoms with Gasteiger partial charge in [-0.25, -0.2) is 14.2 Å². The molecule has 0 saturated carbocycles. The molecule has 3 heterocycles. The van der Waals surface area contributed by atoms with Crippen LogP contribution in [0.2, 0.25) is 0 Å². The molecule has 0 amide bonds. The predicted octanol–water partition coefficient (Wildman–Crippen LogP) is 0.0997. The number of ketones is 1. The van der Waals surface area contributed by atoms with Crippen molar-refractivity contribution in [3.63, 3.8) is 0 Å². The van der Waals surface area contributed by atoms with Gasteiger partial charge < -0.3 is 15.7 Å². The normalized spacial score (nSPS) is 28.0. The predicted molar refractivity (Wildman–Crippen MR) is 80.9 cm³/mol. The van der Waals surface area contributed by atoms with Crippen molar-refractivity contribution in [1.82, 2.24) is 9.88 Å². The van der Waals surface area contributed by atoms with Crippen LogP contribution in [0.5, 0.6) is 0 Å². The second-order valence-corrected chi connectivity index (χ2v) is 6.03. The van der Waals surface area contributed by atoms with Crippen molar-refractivity contribution in [2.24, 2.45) is 5.73 Å². The quantitative estimate of drug-likeness (QED) is 0.761. The fourth-order valence-electron chi connectivity index (χ4n) is 3.44. The summed E-state index contributed by atoms with van der Waals surface area (Å²) in [5, 5.41) is 9.87. The van der Waals surface area contributed by atoms with Crippen molar-refractivity contribution in [2.45, 2.75) is 24.9 Å². The molecule has 0 radical (unpaired) electrons. The molecule has 1 saturated heterocycles. The third-order valence-electron chi connectivity index (χ3n) is 4.67. The Labute approximate surface area is 132 Å². The van der Waals surface area contributed by atoms with Crippen LogP contribution in [0.25, 0.3) is 0 Å². The Morgan fingerprint density at radius 2 is 2.35 bits per heavy atom. The zero-order valence-electron chi connectivity index (χ0n) is 12.8. The van der Waals surface area contributed by atoms with Crippen LogP contribution in [-0.4, -0.2) is 64.5 Å². The lowest BCUT2D eigenvalue weighted by atomic mass is 9.83. The monoisotopic (exact) mass is 322 g/mol. The molecular formula is C15H19FN4O3. The number of carbonyl (C=O) groups excluding carboxylic acids is 1. The number of carboxylic acids is 1. The maximum atomic E-state index is 13.6. The molecule has 2 aliphatic rings. The van der Waals surface area contributed by atoms with Crippen LogP contribution >= 0.6 is 0 Å². The minimum atomic E-state index is -1.74. The number of Topliss-reactive ketones (excluding diaryl/α,β-unsaturated/α-hetero) is 1. The molecule has 2 aliphatic heterocycles. The van der Waals surface area contributed by atoms with Crippen LogP contribution in [0.15, 0.2) is 12.3 Å². The van der Waals surface area contributed by atoms with E-state index in [1.54, 1.807) is 9.80 Å². The lowest BCUT2D eigenvalue weighted by Gasteiger charge is -2.44. The van der Waals surface area contributed by atoms with E-state index < -0.39 is 23.1 Å². The first-order valence-electron chi connectivity index (χ1n) is 7.59. The highest BCUT2D eigenvalue weighted by atomic mass is 19.1. The van der Waals surface area contributed by atoms with Gasteiger partial charge in [-0.1, -0.05) is 0 Å². The zero-order valence-corrected chi connectivity index (χ0v) is 12.8. The van der Waals surface area contributed by atoms with E-state index in [1.165, 1.54) is 0 Å². The highest BCUT2D eigenvalue weighted by Gasteiger charge is 2.57. The van der Waals surface area contributed by atoms with E-state index in [2.05, 4.69) is 4.98 Å². The number of likely N-dealkylation sites (tertiary alicyclic amines) is 1. The minimum Gasteiger partial charge on any atom is -0.479 e. The molecule has 3 rings (SSSR count). The smallest absolute Gasteiger partial charge is 0.334 e. The summed E-state index contributed by atoms with van der Waals surface area (Å²) >= 11 is 0. The number of fused-ring (bicyclic) bond motifs is 1. The number of nitrogens with two attached hydrogens (primary N) is 1. The Balaban J connectivity index is 2.14. The Kier molecular flexibility index (Phi) is 3.81.